The number of hydrogen-bond donors (Lipinski definition) is 1. The van der Waals surface area contributed by atoms with Crippen LogP contribution in [-0.2, 0) is 24.6 Å². The molecule has 2 heterocycles. The first-order chi connectivity index (χ1) is 33.0. The molecule has 0 radical (unpaired) electrons. The van der Waals surface area contributed by atoms with Gasteiger partial charge in [-0.05, 0) is 175 Å². The van der Waals surface area contributed by atoms with Crippen LogP contribution in [0.3, 0.4) is 0 Å². The van der Waals surface area contributed by atoms with Crippen LogP contribution in [0.15, 0.2) is 146 Å². The van der Waals surface area contributed by atoms with Crippen molar-refractivity contribution in [3.8, 4) is 11.5 Å². The summed E-state index contributed by atoms with van der Waals surface area (Å²) in [6.45, 7) is 0.954. The molecule has 0 atom stereocenters. The quantitative estimate of drug-likeness (QED) is 0.107. The molecule has 0 amide bonds. The van der Waals surface area contributed by atoms with E-state index in [1.54, 1.807) is 30.3 Å². The third-order valence-electron chi connectivity index (χ3n) is 11.4. The molecule has 68 heavy (non-hydrogen) atoms. The number of esters is 1. The number of hydrogen-bond acceptors (Lipinski definition) is 7. The number of allylic oxidation sites excluding steroid dienone is 4. The second-order valence-corrected chi connectivity index (χ2v) is 18.2. The van der Waals surface area contributed by atoms with Crippen LogP contribution in [0.1, 0.15) is 98.7 Å². The Morgan fingerprint density at radius 1 is 0.456 bits per heavy atom. The molecule has 0 spiro atoms. The molecule has 0 aliphatic heterocycles. The van der Waals surface area contributed by atoms with Crippen molar-refractivity contribution < 1.29 is 28.9 Å². The minimum Gasteiger partial charge on any atom is -0.488 e. The fourth-order valence-corrected chi connectivity index (χ4v) is 8.82. The van der Waals surface area contributed by atoms with Gasteiger partial charge in [-0.1, -0.05) is 107 Å². The molecule has 9 rings (SSSR count). The first-order valence-electron chi connectivity index (χ1n) is 21.9. The van der Waals surface area contributed by atoms with Crippen molar-refractivity contribution in [1.29, 1.82) is 0 Å². The molecule has 5 aromatic carbocycles. The predicted molar refractivity (Wildman–Crippen MR) is 272 cm³/mol. The van der Waals surface area contributed by atoms with Crippen molar-refractivity contribution >= 4 is 92.2 Å². The van der Waals surface area contributed by atoms with Gasteiger partial charge in [0.25, 0.3) is 0 Å². The van der Waals surface area contributed by atoms with E-state index in [0.717, 1.165) is 106 Å². The van der Waals surface area contributed by atoms with E-state index in [0.29, 0.717) is 44.0 Å². The van der Waals surface area contributed by atoms with Crippen molar-refractivity contribution in [2.75, 3.05) is 0 Å². The third-order valence-corrected chi connectivity index (χ3v) is 12.6. The largest absolute Gasteiger partial charge is 0.488 e. The molecule has 0 fully saturated rings. The van der Waals surface area contributed by atoms with E-state index in [2.05, 4.69) is 9.97 Å². The molecule has 0 saturated carbocycles. The zero-order valence-electron chi connectivity index (χ0n) is 36.5. The van der Waals surface area contributed by atoms with E-state index in [-0.39, 0.29) is 18.0 Å². The van der Waals surface area contributed by atoms with Gasteiger partial charge < -0.3 is 19.3 Å². The number of carbonyl (C=O) groups is 2. The summed E-state index contributed by atoms with van der Waals surface area (Å²) in [4.78, 5) is 33.1. The van der Waals surface area contributed by atoms with E-state index in [1.165, 1.54) is 6.07 Å². The Morgan fingerprint density at radius 2 is 0.838 bits per heavy atom. The Balaban J connectivity index is 0.000000189. The third kappa shape index (κ3) is 12.5. The number of carboxylic acids is 1. The first kappa shape index (κ1) is 48.3. The Labute approximate surface area is 419 Å². The lowest BCUT2D eigenvalue weighted by molar-refractivity contribution is 0.0465. The summed E-state index contributed by atoms with van der Waals surface area (Å²) in [5.74, 6) is -0.0288. The number of carboxylic acid groups (broad SMARTS) is 1. The van der Waals surface area contributed by atoms with Gasteiger partial charge in [-0.2, -0.15) is 0 Å². The molecule has 1 N–H and O–H groups in total. The number of rotatable bonds is 14. The van der Waals surface area contributed by atoms with Crippen molar-refractivity contribution in [3.05, 3.63) is 221 Å². The zero-order valence-corrected chi connectivity index (χ0v) is 40.3. The lowest BCUT2D eigenvalue weighted by Crippen LogP contribution is -2.08. The van der Waals surface area contributed by atoms with E-state index in [1.807, 2.05) is 109 Å². The summed E-state index contributed by atoms with van der Waals surface area (Å²) in [6, 6.07) is 44.0. The number of ether oxygens (including phenoxy) is 3. The molecular formula is C55H43Cl5N2O6. The average Bonchev–Trinajstić information content (AvgIpc) is 4.06. The van der Waals surface area contributed by atoms with Gasteiger partial charge in [0.05, 0.1) is 11.4 Å². The maximum absolute atomic E-state index is 12.8. The van der Waals surface area contributed by atoms with E-state index in [4.69, 9.17) is 72.2 Å². The van der Waals surface area contributed by atoms with Crippen LogP contribution in [0.5, 0.6) is 11.5 Å². The van der Waals surface area contributed by atoms with Crippen LogP contribution >= 0.6 is 58.0 Å². The molecule has 13 heteroatoms. The highest BCUT2D eigenvalue weighted by atomic mass is 35.5. The highest BCUT2D eigenvalue weighted by molar-refractivity contribution is 6.32. The van der Waals surface area contributed by atoms with Crippen molar-refractivity contribution in [2.45, 2.75) is 58.3 Å². The van der Waals surface area contributed by atoms with Crippen LogP contribution in [0.2, 0.25) is 25.1 Å². The van der Waals surface area contributed by atoms with Gasteiger partial charge in [0.1, 0.15) is 42.7 Å². The molecular weight excluding hydrogens is 962 g/mol. The monoisotopic (exact) mass is 1000 g/mol. The summed E-state index contributed by atoms with van der Waals surface area (Å²) in [6.07, 6.45) is 5.32. The first-order valence-corrected chi connectivity index (χ1v) is 23.7. The molecule has 344 valence electrons. The fraction of sp³-hybridized carbons (Fsp3) is 0.164. The molecule has 2 aromatic heterocycles. The summed E-state index contributed by atoms with van der Waals surface area (Å²) < 4.78 is 17.8. The SMILES string of the molecule is O=C(O)c1cccc(C2=C(c3cc(Cl)ccc3OCc3ccc(Cl)cc3)CCC2)n1.O=C(OCc1ccc(Cl)cc1)c1cccc(C2=C(c3cc(Cl)ccc3OCc3ccc(Cl)cc3)CCC2)n1. The van der Waals surface area contributed by atoms with Gasteiger partial charge in [-0.25, -0.2) is 19.6 Å². The van der Waals surface area contributed by atoms with Gasteiger partial charge in [0, 0.05) is 36.2 Å². The predicted octanol–water partition coefficient (Wildman–Crippen LogP) is 15.8. The van der Waals surface area contributed by atoms with Crippen LogP contribution < -0.4 is 9.47 Å². The van der Waals surface area contributed by atoms with E-state index in [9.17, 15) is 14.7 Å². The lowest BCUT2D eigenvalue weighted by Gasteiger charge is -2.15. The number of halogens is 5. The molecule has 2 aliphatic carbocycles. The summed E-state index contributed by atoms with van der Waals surface area (Å²) >= 11 is 30.6. The number of aromatic carboxylic acids is 1. The van der Waals surface area contributed by atoms with Gasteiger partial charge in [-0.3, -0.25) is 0 Å². The minimum atomic E-state index is -1.04. The van der Waals surface area contributed by atoms with E-state index < -0.39 is 11.9 Å². The second kappa shape index (κ2) is 22.8. The number of pyridine rings is 2. The molecule has 0 bridgehead atoms. The van der Waals surface area contributed by atoms with Crippen molar-refractivity contribution in [2.24, 2.45) is 0 Å². The highest BCUT2D eigenvalue weighted by Crippen LogP contribution is 2.45. The maximum atomic E-state index is 12.8. The van der Waals surface area contributed by atoms with Gasteiger partial charge in [-0.15, -0.1) is 0 Å². The number of nitrogens with zero attached hydrogens (tertiary/aromatic N) is 2. The Bertz CT molecular complexity index is 3010. The van der Waals surface area contributed by atoms with Gasteiger partial charge >= 0.3 is 11.9 Å². The fourth-order valence-electron chi connectivity index (χ4n) is 8.10. The van der Waals surface area contributed by atoms with Crippen molar-refractivity contribution in [3.63, 3.8) is 0 Å². The Hall–Kier alpha value is -6.13. The normalized spacial score (nSPS) is 13.2. The number of benzene rings is 5. The summed E-state index contributed by atoms with van der Waals surface area (Å²) in [7, 11) is 0. The molecule has 2 aliphatic rings. The molecule has 0 unspecified atom stereocenters. The smallest absolute Gasteiger partial charge is 0.357 e. The Morgan fingerprint density at radius 3 is 1.28 bits per heavy atom. The summed E-state index contributed by atoms with van der Waals surface area (Å²) in [5, 5.41) is 12.5. The van der Waals surface area contributed by atoms with Crippen LogP contribution in [0.4, 0.5) is 0 Å². The number of aromatic nitrogens is 2. The van der Waals surface area contributed by atoms with Crippen LogP contribution in [0.25, 0.3) is 22.3 Å². The molecule has 0 saturated heterocycles. The summed E-state index contributed by atoms with van der Waals surface area (Å²) in [5.41, 5.74) is 10.8. The number of carbonyl (C=O) groups excluding carboxylic acids is 1. The Kier molecular flexibility index (Phi) is 16.2. The van der Waals surface area contributed by atoms with Gasteiger partial charge in [0.2, 0.25) is 0 Å². The van der Waals surface area contributed by atoms with Crippen molar-refractivity contribution in [1.82, 2.24) is 9.97 Å². The highest BCUT2D eigenvalue weighted by Gasteiger charge is 2.25. The van der Waals surface area contributed by atoms with Crippen LogP contribution in [-0.4, -0.2) is 27.0 Å². The lowest BCUT2D eigenvalue weighted by atomic mass is 9.99. The van der Waals surface area contributed by atoms with E-state index >= 15 is 0 Å². The molecule has 8 nitrogen and oxygen atoms in total. The average molecular weight is 1010 g/mol. The minimum absolute atomic E-state index is 0.0385. The standard InChI is InChI=1S/C31H24Cl3NO3.C24H19Cl2NO3/c32-22-11-7-20(8-12-22)18-37-30-16-15-24(34)17-27(30)25-3-1-4-26(25)28-5-2-6-29(35-28)31(36)38-19-21-9-13-23(33)14-10-21;25-16-9-7-15(8-10-16)14-30-23-12-11-17(26)13-20(23)18-3-1-4-19(18)21-5-2-6-22(27-21)24(28)29/h2,5-17H,1,3-4,18-19H2;2,5-13H,1,3-4,14H2,(H,28,29). The maximum Gasteiger partial charge on any atom is 0.357 e. The topological polar surface area (TPSA) is 108 Å². The molecule has 7 aromatic rings. The second-order valence-electron chi connectivity index (χ2n) is 16.1. The van der Waals surface area contributed by atoms with Gasteiger partial charge in [0.15, 0.2) is 0 Å². The zero-order chi connectivity index (χ0) is 47.6. The van der Waals surface area contributed by atoms with Crippen LogP contribution in [0, 0.1) is 0 Å².